The van der Waals surface area contributed by atoms with E-state index in [-0.39, 0.29) is 6.10 Å². The number of aliphatic hydroxyl groups excluding tert-OH is 1. The fourth-order valence-corrected chi connectivity index (χ4v) is 3.38. The first kappa shape index (κ1) is 18.2. The van der Waals surface area contributed by atoms with Gasteiger partial charge in [0, 0.05) is 17.9 Å². The molecule has 0 radical (unpaired) electrons. The summed E-state index contributed by atoms with van der Waals surface area (Å²) in [6.45, 7) is -0.583. The maximum Gasteiger partial charge on any atom is 0.118 e. The first-order chi connectivity index (χ1) is 12.1. The maximum atomic E-state index is 13.0. The molecular formula is C20H22ClFO3. The fraction of sp³-hybridized carbons (Fsp3) is 0.400. The maximum absolute atomic E-state index is 13.0. The molecule has 1 heterocycles. The number of rotatable bonds is 5. The van der Waals surface area contributed by atoms with Crippen LogP contribution in [0.25, 0.3) is 0 Å². The lowest BCUT2D eigenvalue weighted by atomic mass is 9.94. The average Bonchev–Trinajstić information content (AvgIpc) is 2.63. The molecule has 3 unspecified atom stereocenters. The molecule has 3 atom stereocenters. The summed E-state index contributed by atoms with van der Waals surface area (Å²) in [5, 5.41) is 10.6. The summed E-state index contributed by atoms with van der Waals surface area (Å²) in [4.78, 5) is 0. The number of benzene rings is 2. The van der Waals surface area contributed by atoms with Gasteiger partial charge in [-0.15, -0.1) is 0 Å². The van der Waals surface area contributed by atoms with Crippen LogP contribution in [0.3, 0.4) is 0 Å². The minimum Gasteiger partial charge on any atom is -0.497 e. The van der Waals surface area contributed by atoms with Crippen molar-refractivity contribution in [1.82, 2.24) is 0 Å². The summed E-state index contributed by atoms with van der Waals surface area (Å²) < 4.78 is 23.9. The summed E-state index contributed by atoms with van der Waals surface area (Å²) in [5.74, 6) is 0.811. The summed E-state index contributed by atoms with van der Waals surface area (Å²) in [6.07, 6.45) is 0.101. The number of halogens is 2. The third-order valence-corrected chi connectivity index (χ3v) is 4.91. The molecule has 1 N–H and O–H groups in total. The van der Waals surface area contributed by atoms with Crippen LogP contribution in [0, 0.1) is 0 Å². The fourth-order valence-electron chi connectivity index (χ4n) is 3.20. The topological polar surface area (TPSA) is 38.7 Å². The van der Waals surface area contributed by atoms with Crippen LogP contribution in [0.2, 0.25) is 5.02 Å². The standard InChI is InChI=1S/C20H22ClFO3/c1-24-17-5-2-13(3-6-17)8-15-9-14(4-7-19(15)21)20-11-16(23)10-18(12-22)25-20/h2-7,9,16,18,20,23H,8,10-12H2,1H3. The third kappa shape index (κ3) is 4.51. The Hall–Kier alpha value is -1.62. The zero-order valence-electron chi connectivity index (χ0n) is 14.1. The van der Waals surface area contributed by atoms with Gasteiger partial charge in [0.2, 0.25) is 0 Å². The monoisotopic (exact) mass is 364 g/mol. The number of alkyl halides is 1. The predicted molar refractivity (Wildman–Crippen MR) is 96.1 cm³/mol. The zero-order chi connectivity index (χ0) is 17.8. The molecule has 1 aliphatic heterocycles. The van der Waals surface area contributed by atoms with E-state index in [0.29, 0.717) is 24.3 Å². The van der Waals surface area contributed by atoms with E-state index in [1.54, 1.807) is 7.11 Å². The van der Waals surface area contributed by atoms with Gasteiger partial charge in [0.25, 0.3) is 0 Å². The molecule has 1 saturated heterocycles. The number of aliphatic hydroxyl groups is 1. The van der Waals surface area contributed by atoms with E-state index in [4.69, 9.17) is 21.1 Å². The molecule has 0 aromatic heterocycles. The van der Waals surface area contributed by atoms with Gasteiger partial charge in [0.15, 0.2) is 0 Å². The summed E-state index contributed by atoms with van der Waals surface area (Å²) in [6, 6.07) is 13.6. The van der Waals surface area contributed by atoms with Gasteiger partial charge in [0.05, 0.1) is 25.4 Å². The van der Waals surface area contributed by atoms with Crippen molar-refractivity contribution in [2.75, 3.05) is 13.8 Å². The first-order valence-corrected chi connectivity index (χ1v) is 8.77. The number of ether oxygens (including phenoxy) is 2. The Bertz CT molecular complexity index is 705. The van der Waals surface area contributed by atoms with Crippen LogP contribution in [0.4, 0.5) is 4.39 Å². The van der Waals surface area contributed by atoms with Crippen molar-refractivity contribution in [1.29, 1.82) is 0 Å². The molecule has 2 aromatic carbocycles. The molecule has 134 valence electrons. The van der Waals surface area contributed by atoms with Crippen molar-refractivity contribution < 1.29 is 19.0 Å². The molecule has 2 aromatic rings. The van der Waals surface area contributed by atoms with Crippen LogP contribution in [0.15, 0.2) is 42.5 Å². The van der Waals surface area contributed by atoms with Crippen LogP contribution in [0.1, 0.15) is 35.6 Å². The first-order valence-electron chi connectivity index (χ1n) is 8.39. The molecule has 0 amide bonds. The second-order valence-electron chi connectivity index (χ2n) is 6.40. The Morgan fingerprint density at radius 2 is 1.96 bits per heavy atom. The van der Waals surface area contributed by atoms with Crippen molar-refractivity contribution in [3.63, 3.8) is 0 Å². The lowest BCUT2D eigenvalue weighted by molar-refractivity contribution is -0.104. The molecule has 3 nitrogen and oxygen atoms in total. The van der Waals surface area contributed by atoms with E-state index in [1.165, 1.54) is 0 Å². The molecule has 1 fully saturated rings. The average molecular weight is 365 g/mol. The summed E-state index contributed by atoms with van der Waals surface area (Å²) >= 11 is 6.35. The van der Waals surface area contributed by atoms with Crippen LogP contribution < -0.4 is 4.74 Å². The summed E-state index contributed by atoms with van der Waals surface area (Å²) in [5.41, 5.74) is 3.01. The number of hydrogen-bond donors (Lipinski definition) is 1. The molecule has 0 aliphatic carbocycles. The highest BCUT2D eigenvalue weighted by molar-refractivity contribution is 6.31. The van der Waals surface area contributed by atoms with Crippen molar-refractivity contribution in [2.45, 2.75) is 37.6 Å². The minimum absolute atomic E-state index is 0.309. The van der Waals surface area contributed by atoms with E-state index in [2.05, 4.69) is 0 Å². The molecule has 3 rings (SSSR count). The molecular weight excluding hydrogens is 343 g/mol. The number of methoxy groups -OCH3 is 1. The largest absolute Gasteiger partial charge is 0.497 e. The van der Waals surface area contributed by atoms with Gasteiger partial charge < -0.3 is 14.6 Å². The smallest absolute Gasteiger partial charge is 0.118 e. The van der Waals surface area contributed by atoms with Crippen molar-refractivity contribution in [3.8, 4) is 5.75 Å². The summed E-state index contributed by atoms with van der Waals surface area (Å²) in [7, 11) is 1.64. The van der Waals surface area contributed by atoms with Gasteiger partial charge in [-0.1, -0.05) is 35.9 Å². The van der Waals surface area contributed by atoms with Crippen LogP contribution in [-0.2, 0) is 11.2 Å². The van der Waals surface area contributed by atoms with Gasteiger partial charge in [0.1, 0.15) is 12.4 Å². The van der Waals surface area contributed by atoms with Gasteiger partial charge >= 0.3 is 0 Å². The highest BCUT2D eigenvalue weighted by Crippen LogP contribution is 2.34. The van der Waals surface area contributed by atoms with Gasteiger partial charge in [-0.25, -0.2) is 4.39 Å². The quantitative estimate of drug-likeness (QED) is 0.849. The van der Waals surface area contributed by atoms with Gasteiger partial charge in [-0.05, 0) is 41.3 Å². The number of hydrogen-bond acceptors (Lipinski definition) is 3. The third-order valence-electron chi connectivity index (χ3n) is 4.55. The van der Waals surface area contributed by atoms with E-state index in [1.807, 2.05) is 42.5 Å². The van der Waals surface area contributed by atoms with Crippen molar-refractivity contribution in [3.05, 3.63) is 64.2 Å². The predicted octanol–water partition coefficient (Wildman–Crippen LogP) is 4.49. The van der Waals surface area contributed by atoms with Crippen LogP contribution in [-0.4, -0.2) is 31.1 Å². The molecule has 0 spiro atoms. The second kappa shape index (κ2) is 8.17. The molecule has 0 bridgehead atoms. The van der Waals surface area contributed by atoms with Crippen LogP contribution in [0.5, 0.6) is 5.75 Å². The van der Waals surface area contributed by atoms with Gasteiger partial charge in [-0.3, -0.25) is 0 Å². The minimum atomic E-state index is -0.583. The highest BCUT2D eigenvalue weighted by Gasteiger charge is 2.29. The Morgan fingerprint density at radius 3 is 2.64 bits per heavy atom. The van der Waals surface area contributed by atoms with Crippen molar-refractivity contribution >= 4 is 11.6 Å². The Morgan fingerprint density at radius 1 is 1.20 bits per heavy atom. The van der Waals surface area contributed by atoms with Crippen molar-refractivity contribution in [2.24, 2.45) is 0 Å². The van der Waals surface area contributed by atoms with E-state index in [9.17, 15) is 9.50 Å². The lowest BCUT2D eigenvalue weighted by Crippen LogP contribution is -2.32. The zero-order valence-corrected chi connectivity index (χ0v) is 14.9. The Kier molecular flexibility index (Phi) is 5.94. The Balaban J connectivity index is 1.79. The Labute approximate surface area is 152 Å². The van der Waals surface area contributed by atoms with Crippen LogP contribution >= 0.6 is 11.6 Å². The normalized spacial score (nSPS) is 23.4. The van der Waals surface area contributed by atoms with E-state index < -0.39 is 18.9 Å². The second-order valence-corrected chi connectivity index (χ2v) is 6.81. The molecule has 1 aliphatic rings. The molecule has 25 heavy (non-hydrogen) atoms. The molecule has 5 heteroatoms. The highest BCUT2D eigenvalue weighted by atomic mass is 35.5. The van der Waals surface area contributed by atoms with E-state index in [0.717, 1.165) is 22.4 Å². The molecule has 0 saturated carbocycles. The van der Waals surface area contributed by atoms with Gasteiger partial charge in [-0.2, -0.15) is 0 Å². The SMILES string of the molecule is COc1ccc(Cc2cc(C3CC(O)CC(CF)O3)ccc2Cl)cc1. The van der Waals surface area contributed by atoms with E-state index >= 15 is 0 Å². The lowest BCUT2D eigenvalue weighted by Gasteiger charge is -2.32.